The van der Waals surface area contributed by atoms with Crippen LogP contribution < -0.4 is 24.8 Å². The van der Waals surface area contributed by atoms with E-state index in [1.807, 2.05) is 63.2 Å². The predicted octanol–water partition coefficient (Wildman–Crippen LogP) is 3.28. The average molecular weight is 416 g/mol. The second-order valence-electron chi connectivity index (χ2n) is 6.98. The molecule has 30 heavy (non-hydrogen) atoms. The second kappa shape index (κ2) is 11.9. The van der Waals surface area contributed by atoms with Crippen LogP contribution in [0.15, 0.2) is 47.5 Å². The zero-order chi connectivity index (χ0) is 21.9. The molecule has 2 rings (SSSR count). The molecular weight excluding hydrogens is 382 g/mol. The fourth-order valence-corrected chi connectivity index (χ4v) is 2.94. The molecule has 1 unspecified atom stereocenters. The molecule has 0 fully saturated rings. The topological polar surface area (TPSA) is 84.3 Å². The first-order valence-corrected chi connectivity index (χ1v) is 10.1. The van der Waals surface area contributed by atoms with Crippen LogP contribution in [0.4, 0.5) is 0 Å². The van der Waals surface area contributed by atoms with Gasteiger partial charge in [0.05, 0.1) is 33.0 Å². The maximum Gasteiger partial charge on any atom is 0.191 e. The number of para-hydroxylation sites is 1. The number of methoxy groups -OCH3 is 2. The van der Waals surface area contributed by atoms with Gasteiger partial charge >= 0.3 is 0 Å². The molecule has 0 amide bonds. The highest BCUT2D eigenvalue weighted by atomic mass is 16.5. The van der Waals surface area contributed by atoms with E-state index in [0.29, 0.717) is 37.1 Å². The molecule has 0 aliphatic carbocycles. The zero-order valence-electron chi connectivity index (χ0n) is 18.4. The lowest BCUT2D eigenvalue weighted by molar-refractivity contribution is 0.180. The normalized spacial score (nSPS) is 12.4. The van der Waals surface area contributed by atoms with E-state index in [1.54, 1.807) is 14.2 Å². The molecule has 0 aromatic heterocycles. The summed E-state index contributed by atoms with van der Waals surface area (Å²) in [4.78, 5) is 4.61. The maximum absolute atomic E-state index is 10.5. The summed E-state index contributed by atoms with van der Waals surface area (Å²) < 4.78 is 16.4. The number of nitrogens with zero attached hydrogens (tertiary/aromatic N) is 1. The highest BCUT2D eigenvalue weighted by Crippen LogP contribution is 2.31. The summed E-state index contributed by atoms with van der Waals surface area (Å²) in [6.07, 6.45) is -0.558. The van der Waals surface area contributed by atoms with Crippen LogP contribution in [-0.4, -0.2) is 44.5 Å². The zero-order valence-corrected chi connectivity index (χ0v) is 18.4. The van der Waals surface area contributed by atoms with Gasteiger partial charge in [-0.2, -0.15) is 0 Å². The van der Waals surface area contributed by atoms with Crippen molar-refractivity contribution in [3.05, 3.63) is 53.6 Å². The number of hydrogen-bond donors (Lipinski definition) is 3. The second-order valence-corrected chi connectivity index (χ2v) is 6.98. The van der Waals surface area contributed by atoms with Gasteiger partial charge in [0.25, 0.3) is 0 Å². The van der Waals surface area contributed by atoms with E-state index in [2.05, 4.69) is 15.6 Å². The summed E-state index contributed by atoms with van der Waals surface area (Å²) >= 11 is 0. The fourth-order valence-electron chi connectivity index (χ4n) is 2.94. The van der Waals surface area contributed by atoms with E-state index in [4.69, 9.17) is 14.2 Å². The molecular formula is C23H33N3O4. The predicted molar refractivity (Wildman–Crippen MR) is 120 cm³/mol. The lowest BCUT2D eigenvalue weighted by atomic mass is 10.1. The summed E-state index contributed by atoms with van der Waals surface area (Å²) in [6.45, 7) is 7.40. The third-order valence-electron chi connectivity index (χ3n) is 4.34. The molecule has 3 N–H and O–H groups in total. The summed E-state index contributed by atoms with van der Waals surface area (Å²) in [6, 6.07) is 13.2. The highest BCUT2D eigenvalue weighted by molar-refractivity contribution is 5.79. The number of rotatable bonds is 10. The molecule has 2 aromatic carbocycles. The van der Waals surface area contributed by atoms with Crippen molar-refractivity contribution < 1.29 is 19.3 Å². The van der Waals surface area contributed by atoms with Gasteiger partial charge in [0.15, 0.2) is 17.5 Å². The first-order chi connectivity index (χ1) is 14.5. The first-order valence-electron chi connectivity index (χ1n) is 10.1. The van der Waals surface area contributed by atoms with Crippen LogP contribution in [0.5, 0.6) is 17.2 Å². The van der Waals surface area contributed by atoms with E-state index in [9.17, 15) is 5.11 Å². The number of ether oxygens (including phenoxy) is 3. The van der Waals surface area contributed by atoms with Gasteiger partial charge in [0.2, 0.25) is 0 Å². The Kier molecular flexibility index (Phi) is 9.28. The Labute approximate surface area is 179 Å². The molecule has 0 saturated heterocycles. The molecule has 0 bridgehead atoms. The minimum absolute atomic E-state index is 0.115. The van der Waals surface area contributed by atoms with Gasteiger partial charge in [-0.3, -0.25) is 0 Å². The van der Waals surface area contributed by atoms with Gasteiger partial charge in [-0.15, -0.1) is 0 Å². The number of nitrogens with one attached hydrogen (secondary N) is 2. The van der Waals surface area contributed by atoms with Crippen molar-refractivity contribution in [1.29, 1.82) is 0 Å². The summed E-state index contributed by atoms with van der Waals surface area (Å²) in [5, 5.41) is 16.9. The Morgan fingerprint density at radius 2 is 1.77 bits per heavy atom. The standard InChI is InChI=1S/C23H33N3O4/c1-6-24-23(25-14-18-8-7-9-21(28-4)22(18)29-5)26-15-20(27)17-10-12-19(13-11-17)30-16(2)3/h7-13,16,20,27H,6,14-15H2,1-5H3,(H2,24,25,26). The summed E-state index contributed by atoms with van der Waals surface area (Å²) in [5.74, 6) is 2.74. The van der Waals surface area contributed by atoms with Crippen LogP contribution in [0, 0.1) is 0 Å². The smallest absolute Gasteiger partial charge is 0.191 e. The monoisotopic (exact) mass is 415 g/mol. The van der Waals surface area contributed by atoms with Crippen LogP contribution in [-0.2, 0) is 6.54 Å². The van der Waals surface area contributed by atoms with Gasteiger partial charge in [-0.25, -0.2) is 4.99 Å². The van der Waals surface area contributed by atoms with E-state index >= 15 is 0 Å². The number of benzene rings is 2. The molecule has 7 heteroatoms. The minimum atomic E-state index is -0.673. The maximum atomic E-state index is 10.5. The molecule has 0 aliphatic heterocycles. The molecule has 7 nitrogen and oxygen atoms in total. The molecule has 1 atom stereocenters. The van der Waals surface area contributed by atoms with Crippen molar-refractivity contribution in [2.75, 3.05) is 27.3 Å². The number of guanidine groups is 1. The first kappa shape index (κ1) is 23.3. The Morgan fingerprint density at radius 1 is 1.03 bits per heavy atom. The molecule has 0 aliphatic rings. The van der Waals surface area contributed by atoms with Crippen LogP contribution >= 0.6 is 0 Å². The van der Waals surface area contributed by atoms with Crippen molar-refractivity contribution in [3.63, 3.8) is 0 Å². The molecule has 0 radical (unpaired) electrons. The quantitative estimate of drug-likeness (QED) is 0.408. The van der Waals surface area contributed by atoms with Gasteiger partial charge in [0, 0.05) is 18.7 Å². The number of aliphatic imine (C=N–C) groups is 1. The Bertz CT molecular complexity index is 807. The summed E-state index contributed by atoms with van der Waals surface area (Å²) in [7, 11) is 3.22. The molecule has 2 aromatic rings. The Hall–Kier alpha value is -2.93. The SMILES string of the molecule is CCNC(=NCc1cccc(OC)c1OC)NCC(O)c1ccc(OC(C)C)cc1. The van der Waals surface area contributed by atoms with E-state index in [0.717, 1.165) is 16.9 Å². The highest BCUT2D eigenvalue weighted by Gasteiger charge is 2.11. The molecule has 0 saturated carbocycles. The van der Waals surface area contributed by atoms with Crippen LogP contribution in [0.25, 0.3) is 0 Å². The minimum Gasteiger partial charge on any atom is -0.493 e. The van der Waals surface area contributed by atoms with E-state index < -0.39 is 6.10 Å². The average Bonchev–Trinajstić information content (AvgIpc) is 2.75. The third-order valence-corrected chi connectivity index (χ3v) is 4.34. The largest absolute Gasteiger partial charge is 0.493 e. The summed E-state index contributed by atoms with van der Waals surface area (Å²) in [5.41, 5.74) is 1.72. The van der Waals surface area contributed by atoms with Crippen LogP contribution in [0.2, 0.25) is 0 Å². The number of aliphatic hydroxyl groups excluding tert-OH is 1. The third kappa shape index (κ3) is 6.84. The number of hydrogen-bond acceptors (Lipinski definition) is 5. The Morgan fingerprint density at radius 3 is 2.37 bits per heavy atom. The van der Waals surface area contributed by atoms with Crippen LogP contribution in [0.3, 0.4) is 0 Å². The van der Waals surface area contributed by atoms with Crippen molar-refractivity contribution in [2.45, 2.75) is 39.5 Å². The molecule has 164 valence electrons. The van der Waals surface area contributed by atoms with Gasteiger partial charge in [-0.1, -0.05) is 24.3 Å². The lowest BCUT2D eigenvalue weighted by Crippen LogP contribution is -2.39. The molecule has 0 spiro atoms. The Balaban J connectivity index is 2.01. The number of aliphatic hydroxyl groups is 1. The molecule has 0 heterocycles. The lowest BCUT2D eigenvalue weighted by Gasteiger charge is -2.17. The van der Waals surface area contributed by atoms with Gasteiger partial charge in [0.1, 0.15) is 5.75 Å². The van der Waals surface area contributed by atoms with Gasteiger partial charge in [-0.05, 0) is 44.5 Å². The van der Waals surface area contributed by atoms with Crippen molar-refractivity contribution in [1.82, 2.24) is 10.6 Å². The fraction of sp³-hybridized carbons (Fsp3) is 0.435. The van der Waals surface area contributed by atoms with Gasteiger partial charge < -0.3 is 30.0 Å². The van der Waals surface area contributed by atoms with Crippen molar-refractivity contribution in [2.24, 2.45) is 4.99 Å². The van der Waals surface area contributed by atoms with Crippen molar-refractivity contribution >= 4 is 5.96 Å². The van der Waals surface area contributed by atoms with Crippen LogP contribution in [0.1, 0.15) is 38.0 Å². The van der Waals surface area contributed by atoms with E-state index in [-0.39, 0.29) is 6.10 Å². The van der Waals surface area contributed by atoms with E-state index in [1.165, 1.54) is 0 Å². The van der Waals surface area contributed by atoms with Crippen molar-refractivity contribution in [3.8, 4) is 17.2 Å².